The fraction of sp³-hybridized carbons (Fsp3) is 0.190. The molecule has 6 heteroatoms. The van der Waals surface area contributed by atoms with E-state index >= 15 is 0 Å². The summed E-state index contributed by atoms with van der Waals surface area (Å²) in [5, 5.41) is 3.51. The van der Waals surface area contributed by atoms with Crippen molar-refractivity contribution < 1.29 is 18.7 Å². The Bertz CT molecular complexity index is 922. The molecule has 3 rings (SSSR count). The van der Waals surface area contributed by atoms with E-state index in [1.54, 1.807) is 43.7 Å². The van der Waals surface area contributed by atoms with Crippen LogP contribution >= 0.6 is 11.6 Å². The van der Waals surface area contributed by atoms with E-state index in [9.17, 15) is 4.79 Å². The highest BCUT2D eigenvalue weighted by molar-refractivity contribution is 6.31. The largest absolute Gasteiger partial charge is 0.496 e. The van der Waals surface area contributed by atoms with E-state index in [1.807, 2.05) is 25.1 Å². The molecular weight excluding hydrogens is 366 g/mol. The molecule has 0 aliphatic heterocycles. The number of rotatable bonds is 7. The van der Waals surface area contributed by atoms with Gasteiger partial charge in [-0.1, -0.05) is 11.6 Å². The maximum atomic E-state index is 12.4. The fourth-order valence-electron chi connectivity index (χ4n) is 2.58. The van der Waals surface area contributed by atoms with Crippen molar-refractivity contribution in [3.63, 3.8) is 0 Å². The van der Waals surface area contributed by atoms with Crippen LogP contribution in [0.4, 0.5) is 0 Å². The smallest absolute Gasteiger partial charge is 0.251 e. The minimum Gasteiger partial charge on any atom is -0.496 e. The molecule has 1 aromatic heterocycles. The Morgan fingerprint density at radius 3 is 2.74 bits per heavy atom. The molecular formula is C21H20ClNO4. The second-order valence-electron chi connectivity index (χ2n) is 5.99. The third-order valence-corrected chi connectivity index (χ3v) is 4.49. The van der Waals surface area contributed by atoms with E-state index < -0.39 is 0 Å². The minimum absolute atomic E-state index is 0.197. The third kappa shape index (κ3) is 4.83. The van der Waals surface area contributed by atoms with Crippen molar-refractivity contribution in [1.82, 2.24) is 5.32 Å². The second-order valence-corrected chi connectivity index (χ2v) is 6.40. The molecule has 0 aliphatic carbocycles. The number of carbonyl (C=O) groups excluding carboxylic acids is 1. The van der Waals surface area contributed by atoms with Crippen LogP contribution in [0.25, 0.3) is 0 Å². The van der Waals surface area contributed by atoms with Gasteiger partial charge in [-0.2, -0.15) is 0 Å². The van der Waals surface area contributed by atoms with Gasteiger partial charge in [0.15, 0.2) is 0 Å². The van der Waals surface area contributed by atoms with Crippen LogP contribution in [-0.4, -0.2) is 13.0 Å². The maximum absolute atomic E-state index is 12.4. The molecule has 2 aromatic carbocycles. The maximum Gasteiger partial charge on any atom is 0.251 e. The predicted molar refractivity (Wildman–Crippen MR) is 103 cm³/mol. The zero-order chi connectivity index (χ0) is 19.2. The van der Waals surface area contributed by atoms with Crippen LogP contribution in [0.5, 0.6) is 11.5 Å². The summed E-state index contributed by atoms with van der Waals surface area (Å²) in [7, 11) is 1.59. The number of furan rings is 1. The number of ether oxygens (including phenoxy) is 2. The van der Waals surface area contributed by atoms with Gasteiger partial charge >= 0.3 is 0 Å². The lowest BCUT2D eigenvalue weighted by molar-refractivity contribution is 0.0948. The van der Waals surface area contributed by atoms with Gasteiger partial charge in [0, 0.05) is 16.1 Å². The van der Waals surface area contributed by atoms with Crippen LogP contribution in [0, 0.1) is 6.92 Å². The summed E-state index contributed by atoms with van der Waals surface area (Å²) in [4.78, 5) is 12.4. The average Bonchev–Trinajstić information content (AvgIpc) is 3.20. The predicted octanol–water partition coefficient (Wildman–Crippen LogP) is 4.76. The standard InChI is InChI=1S/C21H20ClNO4/c1-14-10-17(6-7-19(14)22)27-13-16-11-15(5-8-20(16)25-2)21(24)23-12-18-4-3-9-26-18/h3-11H,12-13H2,1-2H3,(H,23,24). The van der Waals surface area contributed by atoms with Gasteiger partial charge in [0.2, 0.25) is 0 Å². The summed E-state index contributed by atoms with van der Waals surface area (Å²) in [5.74, 6) is 1.85. The molecule has 0 saturated carbocycles. The quantitative estimate of drug-likeness (QED) is 0.637. The summed E-state index contributed by atoms with van der Waals surface area (Å²) in [6.07, 6.45) is 1.57. The molecule has 140 valence electrons. The van der Waals surface area contributed by atoms with E-state index in [0.29, 0.717) is 34.4 Å². The zero-order valence-corrected chi connectivity index (χ0v) is 15.9. The molecule has 1 N–H and O–H groups in total. The molecule has 27 heavy (non-hydrogen) atoms. The van der Waals surface area contributed by atoms with Crippen LogP contribution in [0.2, 0.25) is 5.02 Å². The first kappa shape index (κ1) is 18.9. The molecule has 1 heterocycles. The van der Waals surface area contributed by atoms with Crippen molar-refractivity contribution in [2.24, 2.45) is 0 Å². The SMILES string of the molecule is COc1ccc(C(=O)NCc2ccco2)cc1COc1ccc(Cl)c(C)c1. The van der Waals surface area contributed by atoms with Crippen LogP contribution in [0.15, 0.2) is 59.2 Å². The Balaban J connectivity index is 1.70. The number of carbonyl (C=O) groups is 1. The molecule has 0 fully saturated rings. The Morgan fingerprint density at radius 1 is 1.19 bits per heavy atom. The average molecular weight is 386 g/mol. The number of nitrogens with one attached hydrogen (secondary N) is 1. The molecule has 0 bridgehead atoms. The van der Waals surface area contributed by atoms with E-state index in [0.717, 1.165) is 11.1 Å². The van der Waals surface area contributed by atoms with E-state index in [-0.39, 0.29) is 12.5 Å². The van der Waals surface area contributed by atoms with Gasteiger partial charge in [0.1, 0.15) is 23.9 Å². The Labute approximate surface area is 162 Å². The normalized spacial score (nSPS) is 10.5. The van der Waals surface area contributed by atoms with Gasteiger partial charge in [-0.3, -0.25) is 4.79 Å². The van der Waals surface area contributed by atoms with Crippen LogP contribution < -0.4 is 14.8 Å². The van der Waals surface area contributed by atoms with Crippen LogP contribution in [0.1, 0.15) is 27.2 Å². The summed E-state index contributed by atoms with van der Waals surface area (Å²) in [6, 6.07) is 14.3. The zero-order valence-electron chi connectivity index (χ0n) is 15.1. The Hall–Kier alpha value is -2.92. The highest BCUT2D eigenvalue weighted by Crippen LogP contribution is 2.25. The van der Waals surface area contributed by atoms with Crippen molar-refractivity contribution in [3.05, 3.63) is 82.3 Å². The Kier molecular flexibility index (Phi) is 6.04. The highest BCUT2D eigenvalue weighted by atomic mass is 35.5. The van der Waals surface area contributed by atoms with E-state index in [1.165, 1.54) is 0 Å². The van der Waals surface area contributed by atoms with Crippen molar-refractivity contribution in [3.8, 4) is 11.5 Å². The number of aryl methyl sites for hydroxylation is 1. The van der Waals surface area contributed by atoms with Crippen molar-refractivity contribution in [1.29, 1.82) is 0 Å². The molecule has 5 nitrogen and oxygen atoms in total. The molecule has 0 atom stereocenters. The summed E-state index contributed by atoms with van der Waals surface area (Å²) < 4.78 is 16.4. The summed E-state index contributed by atoms with van der Waals surface area (Å²) in [5.41, 5.74) is 2.23. The first-order chi connectivity index (χ1) is 13.1. The van der Waals surface area contributed by atoms with Gasteiger partial charge in [-0.05, 0) is 61.0 Å². The molecule has 0 unspecified atom stereocenters. The lowest BCUT2D eigenvalue weighted by Crippen LogP contribution is -2.22. The highest BCUT2D eigenvalue weighted by Gasteiger charge is 2.12. The molecule has 0 aliphatic rings. The first-order valence-electron chi connectivity index (χ1n) is 8.43. The fourth-order valence-corrected chi connectivity index (χ4v) is 2.70. The van der Waals surface area contributed by atoms with Gasteiger partial charge < -0.3 is 19.2 Å². The monoisotopic (exact) mass is 385 g/mol. The summed E-state index contributed by atoms with van der Waals surface area (Å²) in [6.45, 7) is 2.51. The lowest BCUT2D eigenvalue weighted by Gasteiger charge is -2.13. The number of amides is 1. The van der Waals surface area contributed by atoms with Gasteiger partial charge in [0.05, 0.1) is 19.9 Å². The number of benzene rings is 2. The minimum atomic E-state index is -0.197. The van der Waals surface area contributed by atoms with Crippen molar-refractivity contribution in [2.45, 2.75) is 20.1 Å². The van der Waals surface area contributed by atoms with Gasteiger partial charge in [0.25, 0.3) is 5.91 Å². The topological polar surface area (TPSA) is 60.7 Å². The second kappa shape index (κ2) is 8.64. The molecule has 0 radical (unpaired) electrons. The lowest BCUT2D eigenvalue weighted by atomic mass is 10.1. The van der Waals surface area contributed by atoms with Crippen LogP contribution in [0.3, 0.4) is 0 Å². The first-order valence-corrected chi connectivity index (χ1v) is 8.81. The van der Waals surface area contributed by atoms with Gasteiger partial charge in [-0.15, -0.1) is 0 Å². The van der Waals surface area contributed by atoms with E-state index in [4.69, 9.17) is 25.5 Å². The molecule has 0 spiro atoms. The number of hydrogen-bond acceptors (Lipinski definition) is 4. The van der Waals surface area contributed by atoms with Crippen LogP contribution in [-0.2, 0) is 13.2 Å². The number of hydrogen-bond donors (Lipinski definition) is 1. The molecule has 3 aromatic rings. The number of halogens is 1. The third-order valence-electron chi connectivity index (χ3n) is 4.07. The van der Waals surface area contributed by atoms with Crippen molar-refractivity contribution in [2.75, 3.05) is 7.11 Å². The Morgan fingerprint density at radius 2 is 2.04 bits per heavy atom. The van der Waals surface area contributed by atoms with Crippen molar-refractivity contribution >= 4 is 17.5 Å². The molecule has 0 saturated heterocycles. The summed E-state index contributed by atoms with van der Waals surface area (Å²) >= 11 is 6.04. The molecule has 1 amide bonds. The number of methoxy groups -OCH3 is 1. The van der Waals surface area contributed by atoms with E-state index in [2.05, 4.69) is 5.32 Å². The van der Waals surface area contributed by atoms with Gasteiger partial charge in [-0.25, -0.2) is 0 Å².